The lowest BCUT2D eigenvalue weighted by molar-refractivity contribution is 2.06. The molecule has 0 bridgehead atoms. The van der Waals surface area contributed by atoms with Gasteiger partial charge in [-0.1, -0.05) is 7.55 Å². The molecular weight excluding hydrogens is 131 g/mol. The van der Waals surface area contributed by atoms with Gasteiger partial charge in [0.2, 0.25) is 0 Å². The Kier molecular flexibility index (Phi) is 1.48. The number of rotatable bonds is 0. The summed E-state index contributed by atoms with van der Waals surface area (Å²) in [6.45, 7) is 0. The highest BCUT2D eigenvalue weighted by Crippen LogP contribution is 2.37. The topological polar surface area (TPSA) is 26.0 Å². The van der Waals surface area contributed by atoms with Crippen LogP contribution >= 0.6 is 23.3 Å². The van der Waals surface area contributed by atoms with Crippen molar-refractivity contribution in [2.45, 2.75) is 0 Å². The van der Waals surface area contributed by atoms with Crippen LogP contribution in [0.3, 0.4) is 0 Å². The summed E-state index contributed by atoms with van der Waals surface area (Å²) in [5, 5.41) is 0. The Balaban J connectivity index is 3.05. The molecule has 1 aromatic rings. The van der Waals surface area contributed by atoms with Crippen LogP contribution in [0.5, 0.6) is 0 Å². The van der Waals surface area contributed by atoms with E-state index in [0.717, 1.165) is 13.0 Å². The van der Waals surface area contributed by atoms with Gasteiger partial charge in [-0.25, -0.2) is 0 Å². The van der Waals surface area contributed by atoms with Gasteiger partial charge in [-0.2, -0.15) is 0 Å². The first-order valence-corrected chi connectivity index (χ1v) is 6.05. The van der Waals surface area contributed by atoms with E-state index in [9.17, 15) is 0 Å². The molecule has 4 heteroatoms. The summed E-state index contributed by atoms with van der Waals surface area (Å²) in [5.74, 6) is 2.07. The van der Waals surface area contributed by atoms with Crippen molar-refractivity contribution in [1.29, 1.82) is 0 Å². The highest BCUT2D eigenvalue weighted by molar-refractivity contribution is 8.17. The van der Waals surface area contributed by atoms with Crippen molar-refractivity contribution in [3.63, 3.8) is 0 Å². The summed E-state index contributed by atoms with van der Waals surface area (Å²) < 4.78 is 0. The Morgan fingerprint density at radius 2 is 2.67 bits per heavy atom. The third kappa shape index (κ3) is 0.949. The maximum Gasteiger partial charge on any atom is 0.0681 e. The zero-order valence-corrected chi connectivity index (χ0v) is 5.84. The molecule has 0 saturated heterocycles. The molecule has 1 rings (SSSR count). The van der Waals surface area contributed by atoms with Crippen LogP contribution in [0.2, 0.25) is 0 Å². The lowest BCUT2D eigenvalue weighted by atomic mass is 11.0. The molecule has 2 N–H and O–H groups in total. The van der Waals surface area contributed by atoms with E-state index < -0.39 is 0 Å². The van der Waals surface area contributed by atoms with E-state index in [1.165, 1.54) is 15.7 Å². The Morgan fingerprint density at radius 3 is 2.83 bits per heavy atom. The fraction of sp³-hybridized carbons (Fsp3) is 0. The zero-order chi connectivity index (χ0) is 4.41. The highest BCUT2D eigenvalue weighted by atomic mass is 32.1. The maximum absolute atomic E-state index is 5.38. The van der Waals surface area contributed by atoms with E-state index in [-0.39, 0.29) is 0 Å². The molecule has 0 aromatic carbocycles. The van der Waals surface area contributed by atoms with Crippen LogP contribution < -0.4 is 5.73 Å². The summed E-state index contributed by atoms with van der Waals surface area (Å²) in [6.07, 6.45) is 0. The third-order valence-corrected chi connectivity index (χ3v) is 5.39. The van der Waals surface area contributed by atoms with E-state index in [2.05, 4.69) is 5.80 Å². The van der Waals surface area contributed by atoms with Crippen LogP contribution in [0, 0.1) is 0 Å². The summed E-state index contributed by atoms with van der Waals surface area (Å²) >= 11 is 0. The second-order valence-corrected chi connectivity index (χ2v) is 6.20. The Labute approximate surface area is 41.0 Å². The monoisotopic (exact) mass is 135 g/mol. The standard InChI is InChI=1S/C2H4NP3/c3-2-1-4-6-5-2/h1,6H,3H2. The average Bonchev–Trinajstić information content (AvgIpc) is 1.86. The van der Waals surface area contributed by atoms with Crippen LogP contribution in [0.4, 0.5) is 5.42 Å². The van der Waals surface area contributed by atoms with E-state index in [4.69, 9.17) is 5.73 Å². The van der Waals surface area contributed by atoms with Gasteiger partial charge >= 0.3 is 0 Å². The van der Waals surface area contributed by atoms with Crippen LogP contribution in [0.25, 0.3) is 0 Å². The SMILES string of the molecule is Nc1cp[pH]p1. The van der Waals surface area contributed by atoms with Crippen molar-refractivity contribution in [3.8, 4) is 0 Å². The summed E-state index contributed by atoms with van der Waals surface area (Å²) in [7, 11) is 3.77. The minimum absolute atomic E-state index is 1.02. The Bertz CT molecular complexity index is 112. The molecule has 6 heavy (non-hydrogen) atoms. The van der Waals surface area contributed by atoms with Gasteiger partial charge in [0.15, 0.2) is 0 Å². The van der Waals surface area contributed by atoms with Crippen LogP contribution in [0.1, 0.15) is 0 Å². The van der Waals surface area contributed by atoms with Gasteiger partial charge in [0.25, 0.3) is 0 Å². The lowest BCUT2D eigenvalue weighted by Crippen LogP contribution is -1.70. The Hall–Kier alpha value is 0.440. The van der Waals surface area contributed by atoms with Gasteiger partial charge in [0.1, 0.15) is 0 Å². The molecule has 1 heterocycles. The van der Waals surface area contributed by atoms with Crippen molar-refractivity contribution in [2.75, 3.05) is 5.73 Å². The van der Waals surface area contributed by atoms with Gasteiger partial charge in [-0.05, 0) is 21.5 Å². The van der Waals surface area contributed by atoms with Gasteiger partial charge < -0.3 is 5.73 Å². The van der Waals surface area contributed by atoms with E-state index in [0.29, 0.717) is 0 Å². The number of hydrogen-bond donors (Lipinski definition) is 1. The fourth-order valence-corrected chi connectivity index (χ4v) is 5.01. The number of nitrogens with two attached hydrogens (primary N) is 1. The van der Waals surface area contributed by atoms with Crippen LogP contribution in [-0.4, -0.2) is 0 Å². The number of nitrogen functional groups attached to an aromatic ring is 1. The maximum atomic E-state index is 5.38. The summed E-state index contributed by atoms with van der Waals surface area (Å²) in [5.41, 5.74) is 6.43. The molecule has 0 radical (unpaired) electrons. The molecule has 32 valence electrons. The smallest absolute Gasteiger partial charge is 0.0681 e. The van der Waals surface area contributed by atoms with Crippen molar-refractivity contribution in [3.05, 3.63) is 5.80 Å². The van der Waals surface area contributed by atoms with Gasteiger partial charge in [0.05, 0.1) is 5.42 Å². The quantitative estimate of drug-likeness (QED) is 0.580. The fourth-order valence-electron chi connectivity index (χ4n) is 0.210. The van der Waals surface area contributed by atoms with Gasteiger partial charge in [-0.15, -0.1) is 0 Å². The zero-order valence-electron chi connectivity index (χ0n) is 3.05. The number of hydrogen-bond acceptors (Lipinski definition) is 1. The molecule has 0 aliphatic carbocycles. The van der Waals surface area contributed by atoms with Gasteiger partial charge in [-0.3, -0.25) is 0 Å². The van der Waals surface area contributed by atoms with E-state index in [1.807, 2.05) is 0 Å². The predicted molar refractivity (Wildman–Crippen MR) is 35.4 cm³/mol. The summed E-state index contributed by atoms with van der Waals surface area (Å²) in [4.78, 5) is 0. The first-order valence-electron chi connectivity index (χ1n) is 1.51. The molecular formula is C2H4NP3. The summed E-state index contributed by atoms with van der Waals surface area (Å²) in [6, 6.07) is 0. The van der Waals surface area contributed by atoms with Crippen LogP contribution in [-0.2, 0) is 0 Å². The molecule has 1 atom stereocenters. The molecule has 0 aliphatic heterocycles. The minimum Gasteiger partial charge on any atom is -0.394 e. The Morgan fingerprint density at radius 1 is 1.83 bits per heavy atom. The second kappa shape index (κ2) is 1.94. The highest BCUT2D eigenvalue weighted by Gasteiger charge is 1.75. The molecule has 1 aromatic heterocycles. The lowest BCUT2D eigenvalue weighted by Gasteiger charge is -1.67. The van der Waals surface area contributed by atoms with E-state index >= 15 is 0 Å². The first kappa shape index (κ1) is 4.60. The van der Waals surface area contributed by atoms with Crippen LogP contribution in [0.15, 0.2) is 5.80 Å². The van der Waals surface area contributed by atoms with E-state index in [1.54, 1.807) is 0 Å². The average molecular weight is 135 g/mol. The van der Waals surface area contributed by atoms with Crippen molar-refractivity contribution < 1.29 is 0 Å². The van der Waals surface area contributed by atoms with Crippen molar-refractivity contribution >= 4 is 28.7 Å². The number of anilines is 1. The third-order valence-electron chi connectivity index (χ3n) is 0.434. The largest absolute Gasteiger partial charge is 0.394 e. The van der Waals surface area contributed by atoms with Gasteiger partial charge in [0, 0.05) is 0 Å². The molecule has 0 fully saturated rings. The van der Waals surface area contributed by atoms with Crippen molar-refractivity contribution in [2.24, 2.45) is 0 Å². The second-order valence-electron chi connectivity index (χ2n) is 0.895. The molecule has 0 aliphatic rings. The molecule has 1 nitrogen and oxygen atoms in total. The minimum atomic E-state index is 1.02. The molecule has 0 amide bonds. The molecule has 0 saturated carbocycles. The molecule has 0 spiro atoms. The normalized spacial score (nSPS) is 12.7. The molecule has 1 unspecified atom stereocenters. The predicted octanol–water partition coefficient (Wildman–Crippen LogP) is 2.46. The first-order chi connectivity index (χ1) is 2.89. The van der Waals surface area contributed by atoms with Crippen molar-refractivity contribution in [1.82, 2.24) is 0 Å².